The van der Waals surface area contributed by atoms with Gasteiger partial charge >= 0.3 is 12.1 Å². The van der Waals surface area contributed by atoms with Crippen molar-refractivity contribution in [2.45, 2.75) is 135 Å². The summed E-state index contributed by atoms with van der Waals surface area (Å²) in [5.41, 5.74) is 3.32. The van der Waals surface area contributed by atoms with Crippen LogP contribution in [-0.4, -0.2) is 150 Å². The molecule has 5 rings (SSSR count). The van der Waals surface area contributed by atoms with Crippen LogP contribution in [0, 0.1) is 5.92 Å². The van der Waals surface area contributed by atoms with E-state index in [0.717, 1.165) is 41.5 Å². The highest BCUT2D eigenvalue weighted by atomic mass is 16.6. The van der Waals surface area contributed by atoms with Crippen molar-refractivity contribution in [1.29, 1.82) is 0 Å². The third-order valence-corrected chi connectivity index (χ3v) is 12.6. The molecule has 0 bridgehead atoms. The molecule has 0 aromatic heterocycles. The van der Waals surface area contributed by atoms with E-state index in [0.29, 0.717) is 18.7 Å². The third-order valence-electron chi connectivity index (χ3n) is 12.6. The molecule has 2 aliphatic rings. The number of alkyl carbamates (subject to hydrolysis) is 1. The minimum absolute atomic E-state index is 0.0000450. The van der Waals surface area contributed by atoms with Gasteiger partial charge in [-0.1, -0.05) is 92.7 Å². The molecule has 6 amide bonds. The number of carbonyl (C=O) groups excluding carboxylic acids is 6. The van der Waals surface area contributed by atoms with Crippen LogP contribution in [0.4, 0.5) is 4.79 Å². The Kier molecular flexibility index (Phi) is 19.3. The number of benzene rings is 3. The summed E-state index contributed by atoms with van der Waals surface area (Å²) in [6.45, 7) is 14.5. The molecule has 0 spiro atoms. The third kappa shape index (κ3) is 15.6. The number of carboxylic acid groups (broad SMARTS) is 1. The summed E-state index contributed by atoms with van der Waals surface area (Å²) >= 11 is 0. The molecule has 3 aromatic carbocycles. The SMILES string of the molecule is CC(C)C(C(=O)N[C@@H](CC(=O)O)C(=O)N1CCCCC1)N(C)C(=O)[C@H](Cc1ccccc1)N(C)C(=O)[C@H](COC(C)(C)C)NC(=O)[C@H](COC(C)(C)C)NC(=O)OCC1c2ccccc2-c2ccccc21. The summed E-state index contributed by atoms with van der Waals surface area (Å²) in [6.07, 6.45) is 0.940. The molecule has 1 aliphatic heterocycles. The minimum Gasteiger partial charge on any atom is -0.481 e. The monoisotopic (exact) mass is 983 g/mol. The zero-order valence-electron chi connectivity index (χ0n) is 43.0. The number of carboxylic acids is 1. The molecule has 0 saturated carbocycles. The highest BCUT2D eigenvalue weighted by Crippen LogP contribution is 2.44. The number of piperidine rings is 1. The molecule has 386 valence electrons. The van der Waals surface area contributed by atoms with E-state index in [-0.39, 0.29) is 32.2 Å². The van der Waals surface area contributed by atoms with E-state index in [2.05, 4.69) is 16.0 Å². The predicted octanol–water partition coefficient (Wildman–Crippen LogP) is 5.53. The van der Waals surface area contributed by atoms with Crippen molar-refractivity contribution in [2.75, 3.05) is 47.0 Å². The van der Waals surface area contributed by atoms with Gasteiger partial charge in [-0.2, -0.15) is 0 Å². The maximum atomic E-state index is 14.9. The summed E-state index contributed by atoms with van der Waals surface area (Å²) in [7, 11) is 2.86. The second-order valence-electron chi connectivity index (χ2n) is 20.8. The number of hydrogen-bond donors (Lipinski definition) is 4. The van der Waals surface area contributed by atoms with Gasteiger partial charge in [0, 0.05) is 39.5 Å². The van der Waals surface area contributed by atoms with E-state index in [9.17, 15) is 38.7 Å². The first kappa shape index (κ1) is 55.6. The summed E-state index contributed by atoms with van der Waals surface area (Å²) < 4.78 is 17.9. The number of fused-ring (bicyclic) bond motifs is 3. The second kappa shape index (κ2) is 24.7. The van der Waals surface area contributed by atoms with Crippen molar-refractivity contribution >= 4 is 41.6 Å². The molecular weight excluding hydrogens is 909 g/mol. The largest absolute Gasteiger partial charge is 0.481 e. The Balaban J connectivity index is 1.39. The van der Waals surface area contributed by atoms with Crippen LogP contribution < -0.4 is 16.0 Å². The summed E-state index contributed by atoms with van der Waals surface area (Å²) in [5.74, 6) is -5.38. The van der Waals surface area contributed by atoms with Crippen molar-refractivity contribution in [1.82, 2.24) is 30.7 Å². The zero-order valence-corrected chi connectivity index (χ0v) is 43.0. The summed E-state index contributed by atoms with van der Waals surface area (Å²) in [4.78, 5) is 102. The number of carbonyl (C=O) groups is 7. The van der Waals surface area contributed by atoms with E-state index >= 15 is 0 Å². The molecule has 4 N–H and O–H groups in total. The van der Waals surface area contributed by atoms with Crippen LogP contribution in [0.5, 0.6) is 0 Å². The molecule has 1 fully saturated rings. The van der Waals surface area contributed by atoms with E-state index in [1.165, 1.54) is 23.9 Å². The van der Waals surface area contributed by atoms with E-state index < -0.39 is 95.3 Å². The molecule has 1 saturated heterocycles. The first-order valence-electron chi connectivity index (χ1n) is 24.5. The first-order valence-corrected chi connectivity index (χ1v) is 24.5. The summed E-state index contributed by atoms with van der Waals surface area (Å²) in [6, 6.07) is 18.3. The van der Waals surface area contributed by atoms with Gasteiger partial charge in [-0.3, -0.25) is 28.8 Å². The van der Waals surface area contributed by atoms with Gasteiger partial charge in [0.2, 0.25) is 29.5 Å². The lowest BCUT2D eigenvalue weighted by Gasteiger charge is -2.38. The van der Waals surface area contributed by atoms with Gasteiger partial charge in [0.05, 0.1) is 30.8 Å². The van der Waals surface area contributed by atoms with Crippen molar-refractivity contribution in [2.24, 2.45) is 5.92 Å². The molecular formula is C54H74N6O11. The number of amides is 6. The molecule has 17 nitrogen and oxygen atoms in total. The van der Waals surface area contributed by atoms with Crippen molar-refractivity contribution < 1.29 is 52.9 Å². The van der Waals surface area contributed by atoms with Gasteiger partial charge in [0.25, 0.3) is 0 Å². The number of rotatable bonds is 21. The fraction of sp³-hybridized carbons (Fsp3) is 0.537. The van der Waals surface area contributed by atoms with Crippen LogP contribution in [-0.2, 0) is 49.4 Å². The Morgan fingerprint density at radius 1 is 0.662 bits per heavy atom. The number of aliphatic carboxylic acids is 1. The van der Waals surface area contributed by atoms with Crippen LogP contribution in [0.15, 0.2) is 78.9 Å². The van der Waals surface area contributed by atoms with Crippen LogP contribution in [0.1, 0.15) is 104 Å². The van der Waals surface area contributed by atoms with Gasteiger partial charge in [-0.25, -0.2) is 4.79 Å². The molecule has 1 heterocycles. The van der Waals surface area contributed by atoms with Crippen LogP contribution in [0.2, 0.25) is 0 Å². The Morgan fingerprint density at radius 3 is 1.72 bits per heavy atom. The van der Waals surface area contributed by atoms with Crippen LogP contribution in [0.25, 0.3) is 11.1 Å². The number of ether oxygens (including phenoxy) is 3. The highest BCUT2D eigenvalue weighted by molar-refractivity contribution is 5.97. The maximum Gasteiger partial charge on any atom is 0.407 e. The lowest BCUT2D eigenvalue weighted by molar-refractivity contribution is -0.152. The predicted molar refractivity (Wildman–Crippen MR) is 268 cm³/mol. The van der Waals surface area contributed by atoms with E-state index in [1.807, 2.05) is 54.6 Å². The minimum atomic E-state index is -1.40. The Bertz CT molecular complexity index is 2290. The van der Waals surface area contributed by atoms with Gasteiger partial charge < -0.3 is 50.0 Å². The van der Waals surface area contributed by atoms with Crippen LogP contribution >= 0.6 is 0 Å². The Hall–Kier alpha value is -6.33. The Morgan fingerprint density at radius 2 is 1.18 bits per heavy atom. The van der Waals surface area contributed by atoms with Gasteiger partial charge in [-0.15, -0.1) is 0 Å². The number of nitrogens with one attached hydrogen (secondary N) is 3. The molecule has 1 unspecified atom stereocenters. The fourth-order valence-corrected chi connectivity index (χ4v) is 8.97. The molecule has 0 radical (unpaired) electrons. The second-order valence-corrected chi connectivity index (χ2v) is 20.8. The van der Waals surface area contributed by atoms with E-state index in [1.54, 1.807) is 84.6 Å². The molecule has 3 aromatic rings. The maximum absolute atomic E-state index is 14.9. The number of hydrogen-bond acceptors (Lipinski definition) is 10. The van der Waals surface area contributed by atoms with Crippen LogP contribution in [0.3, 0.4) is 0 Å². The van der Waals surface area contributed by atoms with Crippen molar-refractivity contribution in [3.8, 4) is 11.1 Å². The molecule has 17 heteroatoms. The number of likely N-dealkylation sites (tertiary alicyclic amines) is 1. The normalized spacial score (nSPS) is 15.8. The van der Waals surface area contributed by atoms with Crippen molar-refractivity contribution in [3.05, 3.63) is 95.6 Å². The number of nitrogens with zero attached hydrogens (tertiary/aromatic N) is 3. The average molecular weight is 983 g/mol. The molecule has 71 heavy (non-hydrogen) atoms. The fourth-order valence-electron chi connectivity index (χ4n) is 8.97. The average Bonchev–Trinajstić information content (AvgIpc) is 3.64. The summed E-state index contributed by atoms with van der Waals surface area (Å²) in [5, 5.41) is 17.8. The molecule has 5 atom stereocenters. The lowest BCUT2D eigenvalue weighted by Crippen LogP contribution is -2.62. The first-order chi connectivity index (χ1) is 33.5. The van der Waals surface area contributed by atoms with Gasteiger partial charge in [0.1, 0.15) is 36.8 Å². The zero-order chi connectivity index (χ0) is 52.2. The van der Waals surface area contributed by atoms with Gasteiger partial charge in [-0.05, 0) is 94.5 Å². The number of likely N-dealkylation sites (N-methyl/N-ethyl adjacent to an activating group) is 2. The van der Waals surface area contributed by atoms with Crippen molar-refractivity contribution in [3.63, 3.8) is 0 Å². The Labute approximate surface area is 418 Å². The highest BCUT2D eigenvalue weighted by Gasteiger charge is 2.41. The standard InChI is InChI=1S/C54H74N6O11/c1-34(2)46(48(64)55-41(30-45(61)62)50(66)60-27-19-12-20-28-60)59(10)51(67)44(29-35-21-13-11-14-22-35)58(9)49(65)43(33-71-54(6,7)8)56-47(63)42(32-70-53(3,4)5)57-52(68)69-31-40-38-25-17-15-23-36(38)37-24-16-18-26-39(37)40/h11,13-18,21-26,34,40-44,46H,12,19-20,27-33H2,1-10H3,(H,55,64)(H,56,63)(H,57,68)(H,61,62)/t41-,42-,43-,44-,46?/m0/s1. The van der Waals surface area contributed by atoms with E-state index in [4.69, 9.17) is 14.2 Å². The quantitative estimate of drug-likeness (QED) is 0.104. The lowest BCUT2D eigenvalue weighted by atomic mass is 9.97. The topological polar surface area (TPSA) is 213 Å². The smallest absolute Gasteiger partial charge is 0.407 e. The molecule has 1 aliphatic carbocycles. The van der Waals surface area contributed by atoms with Gasteiger partial charge in [0.15, 0.2) is 0 Å².